The monoisotopic (exact) mass is 273 g/mol. The number of nitrogens with zero attached hydrogens (tertiary/aromatic N) is 1. The molecule has 1 aromatic carbocycles. The number of β-amino-alcohol motifs (C(OH)–C–C–N with tert-alkyl or cyclic N) is 1. The number of benzene rings is 1. The fourth-order valence-corrected chi connectivity index (χ4v) is 2.25. The molecule has 1 aromatic rings. The van der Waals surface area contributed by atoms with Gasteiger partial charge in [0.25, 0.3) is 5.91 Å². The average molecular weight is 273 g/mol. The zero-order valence-corrected chi connectivity index (χ0v) is 11.6. The lowest BCUT2D eigenvalue weighted by Gasteiger charge is -2.19. The highest BCUT2D eigenvalue weighted by atomic mass is 16.3. The van der Waals surface area contributed by atoms with Crippen LogP contribution in [0, 0.1) is 11.8 Å². The van der Waals surface area contributed by atoms with Crippen molar-refractivity contribution in [3.63, 3.8) is 0 Å². The SMILES string of the molecule is CC1(O)CCN(C(=O)c2cccc(C#CCCO)c2)C1. The molecule has 0 bridgehead atoms. The fraction of sp³-hybridized carbons (Fsp3) is 0.438. The molecule has 0 radical (unpaired) electrons. The van der Waals surface area contributed by atoms with E-state index >= 15 is 0 Å². The summed E-state index contributed by atoms with van der Waals surface area (Å²) in [5, 5.41) is 18.6. The first-order valence-corrected chi connectivity index (χ1v) is 6.73. The van der Waals surface area contributed by atoms with E-state index in [0.717, 1.165) is 5.56 Å². The van der Waals surface area contributed by atoms with Gasteiger partial charge in [-0.3, -0.25) is 4.79 Å². The molecule has 1 fully saturated rings. The highest BCUT2D eigenvalue weighted by Crippen LogP contribution is 2.22. The van der Waals surface area contributed by atoms with E-state index in [1.807, 2.05) is 6.07 Å². The third-order valence-electron chi connectivity index (χ3n) is 3.32. The van der Waals surface area contributed by atoms with Crippen molar-refractivity contribution in [1.82, 2.24) is 4.90 Å². The van der Waals surface area contributed by atoms with Crippen molar-refractivity contribution in [3.05, 3.63) is 35.4 Å². The summed E-state index contributed by atoms with van der Waals surface area (Å²) in [4.78, 5) is 14.0. The van der Waals surface area contributed by atoms with Gasteiger partial charge in [-0.05, 0) is 31.5 Å². The summed E-state index contributed by atoms with van der Waals surface area (Å²) in [6.45, 7) is 2.73. The van der Waals surface area contributed by atoms with Gasteiger partial charge in [0.2, 0.25) is 0 Å². The van der Waals surface area contributed by atoms with E-state index in [1.54, 1.807) is 30.0 Å². The Balaban J connectivity index is 2.11. The van der Waals surface area contributed by atoms with Gasteiger partial charge >= 0.3 is 0 Å². The van der Waals surface area contributed by atoms with Gasteiger partial charge in [-0.1, -0.05) is 17.9 Å². The molecule has 4 nitrogen and oxygen atoms in total. The Labute approximate surface area is 119 Å². The highest BCUT2D eigenvalue weighted by molar-refractivity contribution is 5.94. The summed E-state index contributed by atoms with van der Waals surface area (Å²) in [7, 11) is 0. The predicted molar refractivity (Wildman–Crippen MR) is 76.2 cm³/mol. The van der Waals surface area contributed by atoms with Crippen molar-refractivity contribution in [2.75, 3.05) is 19.7 Å². The second-order valence-electron chi connectivity index (χ2n) is 5.33. The molecule has 20 heavy (non-hydrogen) atoms. The van der Waals surface area contributed by atoms with Crippen LogP contribution in [0.1, 0.15) is 35.7 Å². The van der Waals surface area contributed by atoms with Gasteiger partial charge in [-0.15, -0.1) is 0 Å². The lowest BCUT2D eigenvalue weighted by Crippen LogP contribution is -2.33. The van der Waals surface area contributed by atoms with Crippen LogP contribution in [0.25, 0.3) is 0 Å². The van der Waals surface area contributed by atoms with Crippen LogP contribution >= 0.6 is 0 Å². The van der Waals surface area contributed by atoms with Gasteiger partial charge in [0.1, 0.15) is 0 Å². The molecule has 1 unspecified atom stereocenters. The number of hydrogen-bond acceptors (Lipinski definition) is 3. The number of hydrogen-bond donors (Lipinski definition) is 2. The number of rotatable bonds is 2. The van der Waals surface area contributed by atoms with Crippen LogP contribution in [0.2, 0.25) is 0 Å². The highest BCUT2D eigenvalue weighted by Gasteiger charge is 2.34. The van der Waals surface area contributed by atoms with E-state index in [4.69, 9.17) is 5.11 Å². The Morgan fingerprint density at radius 1 is 1.50 bits per heavy atom. The molecule has 0 saturated carbocycles. The maximum atomic E-state index is 12.3. The Bertz CT molecular complexity index is 554. The van der Waals surface area contributed by atoms with Crippen LogP contribution in [0.15, 0.2) is 24.3 Å². The topological polar surface area (TPSA) is 60.8 Å². The number of carbonyl (C=O) groups is 1. The normalized spacial score (nSPS) is 21.4. The van der Waals surface area contributed by atoms with Crippen LogP contribution in [0.4, 0.5) is 0 Å². The summed E-state index contributed by atoms with van der Waals surface area (Å²) in [5.41, 5.74) is 0.558. The molecule has 1 atom stereocenters. The molecule has 1 saturated heterocycles. The summed E-state index contributed by atoms with van der Waals surface area (Å²) in [6, 6.07) is 7.14. The van der Waals surface area contributed by atoms with Crippen LogP contribution < -0.4 is 0 Å². The van der Waals surface area contributed by atoms with Crippen molar-refractivity contribution in [3.8, 4) is 11.8 Å². The minimum Gasteiger partial charge on any atom is -0.395 e. The van der Waals surface area contributed by atoms with E-state index in [0.29, 0.717) is 31.5 Å². The minimum atomic E-state index is -0.784. The Morgan fingerprint density at radius 3 is 2.95 bits per heavy atom. The third kappa shape index (κ3) is 3.60. The van der Waals surface area contributed by atoms with Gasteiger partial charge < -0.3 is 15.1 Å². The molecule has 106 valence electrons. The van der Waals surface area contributed by atoms with Crippen molar-refractivity contribution < 1.29 is 15.0 Å². The van der Waals surface area contributed by atoms with Crippen LogP contribution in [0.5, 0.6) is 0 Å². The first-order valence-electron chi connectivity index (χ1n) is 6.73. The first-order chi connectivity index (χ1) is 9.52. The molecular formula is C16H19NO3. The maximum absolute atomic E-state index is 12.3. The van der Waals surface area contributed by atoms with Gasteiger partial charge in [-0.25, -0.2) is 0 Å². The van der Waals surface area contributed by atoms with Crippen molar-refractivity contribution in [2.45, 2.75) is 25.4 Å². The average Bonchev–Trinajstić information content (AvgIpc) is 2.79. The molecule has 0 aliphatic carbocycles. The Kier molecular flexibility index (Phi) is 4.43. The van der Waals surface area contributed by atoms with Crippen molar-refractivity contribution >= 4 is 5.91 Å². The largest absolute Gasteiger partial charge is 0.395 e. The second kappa shape index (κ2) is 6.08. The van der Waals surface area contributed by atoms with E-state index in [1.165, 1.54) is 0 Å². The Morgan fingerprint density at radius 2 is 2.30 bits per heavy atom. The number of likely N-dealkylation sites (tertiary alicyclic amines) is 1. The number of aliphatic hydroxyl groups excluding tert-OH is 1. The van der Waals surface area contributed by atoms with Gasteiger partial charge in [-0.2, -0.15) is 0 Å². The summed E-state index contributed by atoms with van der Waals surface area (Å²) >= 11 is 0. The minimum absolute atomic E-state index is 0.0362. The van der Waals surface area contributed by atoms with E-state index in [9.17, 15) is 9.90 Å². The predicted octanol–water partition coefficient (Wildman–Crippen LogP) is 1.02. The third-order valence-corrected chi connectivity index (χ3v) is 3.32. The molecule has 0 spiro atoms. The van der Waals surface area contributed by atoms with E-state index < -0.39 is 5.60 Å². The molecule has 2 N–H and O–H groups in total. The molecule has 4 heteroatoms. The molecule has 0 aromatic heterocycles. The molecule has 1 aliphatic rings. The standard InChI is InChI=1S/C16H19NO3/c1-16(20)8-9-17(12-16)15(19)14-7-4-6-13(11-14)5-2-3-10-18/h4,6-7,11,18,20H,3,8-10,12H2,1H3. The second-order valence-corrected chi connectivity index (χ2v) is 5.33. The smallest absolute Gasteiger partial charge is 0.253 e. The molecule has 1 amide bonds. The lowest BCUT2D eigenvalue weighted by molar-refractivity contribution is 0.0572. The van der Waals surface area contributed by atoms with Gasteiger partial charge in [0.15, 0.2) is 0 Å². The molecule has 1 heterocycles. The van der Waals surface area contributed by atoms with Crippen LogP contribution in [-0.2, 0) is 0 Å². The summed E-state index contributed by atoms with van der Waals surface area (Å²) < 4.78 is 0. The van der Waals surface area contributed by atoms with Crippen LogP contribution in [0.3, 0.4) is 0 Å². The van der Waals surface area contributed by atoms with Crippen molar-refractivity contribution in [2.24, 2.45) is 0 Å². The van der Waals surface area contributed by atoms with Gasteiger partial charge in [0.05, 0.1) is 12.2 Å². The summed E-state index contributed by atoms with van der Waals surface area (Å²) in [6.07, 6.45) is 1.03. The molecular weight excluding hydrogens is 254 g/mol. The van der Waals surface area contributed by atoms with Gasteiger partial charge in [0, 0.05) is 30.6 Å². The van der Waals surface area contributed by atoms with E-state index in [2.05, 4.69) is 11.8 Å². The molecule has 2 rings (SSSR count). The number of aliphatic hydroxyl groups is 2. The summed E-state index contributed by atoms with van der Waals surface area (Å²) in [5.74, 6) is 5.68. The van der Waals surface area contributed by atoms with E-state index in [-0.39, 0.29) is 12.5 Å². The fourth-order valence-electron chi connectivity index (χ4n) is 2.25. The van der Waals surface area contributed by atoms with Crippen molar-refractivity contribution in [1.29, 1.82) is 0 Å². The zero-order valence-electron chi connectivity index (χ0n) is 11.6. The lowest BCUT2D eigenvalue weighted by atomic mass is 10.1. The zero-order chi connectivity index (χ0) is 14.6. The molecule has 1 aliphatic heterocycles. The Hall–Kier alpha value is -1.83. The first kappa shape index (κ1) is 14.6. The van der Waals surface area contributed by atoms with Crippen LogP contribution in [-0.4, -0.2) is 46.3 Å². The number of amides is 1. The maximum Gasteiger partial charge on any atom is 0.253 e. The number of carbonyl (C=O) groups excluding carboxylic acids is 1. The quantitative estimate of drug-likeness (QED) is 0.791.